The van der Waals surface area contributed by atoms with Crippen LogP contribution in [0.4, 0.5) is 24.7 Å². The molecule has 27 heavy (non-hydrogen) atoms. The molecule has 2 rings (SSSR count). The normalized spacial score (nSPS) is 12.0. The summed E-state index contributed by atoms with van der Waals surface area (Å²) in [6, 6.07) is 6.69. The fraction of sp³-hybridized carbons (Fsp3) is 0.474. The second kappa shape index (κ2) is 8.02. The van der Waals surface area contributed by atoms with E-state index in [-0.39, 0.29) is 17.4 Å². The van der Waals surface area contributed by atoms with E-state index in [0.29, 0.717) is 24.5 Å². The number of aromatic nitrogens is 2. The molecule has 1 aromatic heterocycles. The summed E-state index contributed by atoms with van der Waals surface area (Å²) in [5.74, 6) is 0.360. The topological polar surface area (TPSA) is 47.5 Å². The van der Waals surface area contributed by atoms with Gasteiger partial charge in [0.15, 0.2) is 5.82 Å². The quantitative estimate of drug-likeness (QED) is 0.684. The highest BCUT2D eigenvalue weighted by molar-refractivity contribution is 5.63. The molecule has 0 amide bonds. The molecule has 0 saturated heterocycles. The van der Waals surface area contributed by atoms with Crippen molar-refractivity contribution in [2.24, 2.45) is 0 Å². The minimum absolute atomic E-state index is 0.0839. The Balaban J connectivity index is 2.36. The van der Waals surface area contributed by atoms with Gasteiger partial charge in [-0.15, -0.1) is 0 Å². The number of hydrogen-bond acceptors (Lipinski definition) is 5. The van der Waals surface area contributed by atoms with Gasteiger partial charge in [-0.05, 0) is 51.5 Å². The summed E-state index contributed by atoms with van der Waals surface area (Å²) in [6.45, 7) is 7.97. The number of benzene rings is 1. The first-order valence-electron chi connectivity index (χ1n) is 8.61. The lowest BCUT2D eigenvalue weighted by molar-refractivity contribution is -0.137. The summed E-state index contributed by atoms with van der Waals surface area (Å²) in [7, 11) is 1.51. The minimum Gasteiger partial charge on any atom is -0.488 e. The highest BCUT2D eigenvalue weighted by Gasteiger charge is 2.36. The monoisotopic (exact) mass is 383 g/mol. The van der Waals surface area contributed by atoms with E-state index in [9.17, 15) is 13.2 Å². The van der Waals surface area contributed by atoms with E-state index in [1.807, 2.05) is 27.7 Å². The van der Waals surface area contributed by atoms with E-state index in [0.717, 1.165) is 6.20 Å². The molecule has 0 aliphatic carbocycles. The van der Waals surface area contributed by atoms with Crippen LogP contribution in [-0.2, 0) is 6.18 Å². The van der Waals surface area contributed by atoms with Crippen LogP contribution in [-0.4, -0.2) is 29.2 Å². The van der Waals surface area contributed by atoms with Gasteiger partial charge in [-0.25, -0.2) is 4.98 Å². The zero-order valence-electron chi connectivity index (χ0n) is 16.1. The Labute approximate surface area is 157 Å². The van der Waals surface area contributed by atoms with Gasteiger partial charge in [0.1, 0.15) is 16.9 Å². The Hall–Kier alpha value is -2.51. The predicted octanol–water partition coefficient (Wildman–Crippen LogP) is 5.23. The fourth-order valence-corrected chi connectivity index (χ4v) is 2.29. The average molecular weight is 383 g/mol. The Kier molecular flexibility index (Phi) is 6.18. The first kappa shape index (κ1) is 20.8. The summed E-state index contributed by atoms with van der Waals surface area (Å²) in [5, 5.41) is 0. The van der Waals surface area contributed by atoms with Crippen molar-refractivity contribution in [1.29, 1.82) is 0 Å². The van der Waals surface area contributed by atoms with Gasteiger partial charge in [0.05, 0.1) is 6.61 Å². The van der Waals surface area contributed by atoms with Crippen molar-refractivity contribution in [3.05, 3.63) is 36.0 Å². The van der Waals surface area contributed by atoms with Gasteiger partial charge in [-0.1, -0.05) is 6.92 Å². The minimum atomic E-state index is -4.58. The third-order valence-electron chi connectivity index (χ3n) is 3.45. The Morgan fingerprint density at radius 3 is 2.22 bits per heavy atom. The number of ether oxygens (including phenoxy) is 2. The van der Waals surface area contributed by atoms with Crippen LogP contribution in [0.15, 0.2) is 30.5 Å². The lowest BCUT2D eigenvalue weighted by atomic mass is 10.2. The molecule has 0 N–H and O–H groups in total. The van der Waals surface area contributed by atoms with Crippen molar-refractivity contribution >= 4 is 11.5 Å². The Bertz CT molecular complexity index is 756. The van der Waals surface area contributed by atoms with Crippen molar-refractivity contribution in [2.75, 3.05) is 18.6 Å². The van der Waals surface area contributed by atoms with E-state index >= 15 is 0 Å². The van der Waals surface area contributed by atoms with Gasteiger partial charge in [0, 0.05) is 18.9 Å². The van der Waals surface area contributed by atoms with Crippen LogP contribution in [0, 0.1) is 0 Å². The molecule has 0 fully saturated rings. The van der Waals surface area contributed by atoms with Gasteiger partial charge in [0.25, 0.3) is 0 Å². The van der Waals surface area contributed by atoms with Gasteiger partial charge < -0.3 is 14.4 Å². The lowest BCUT2D eigenvalue weighted by Crippen LogP contribution is -2.23. The largest absolute Gasteiger partial charge is 0.488 e. The summed E-state index contributed by atoms with van der Waals surface area (Å²) in [4.78, 5) is 9.00. The molecule has 0 unspecified atom stereocenters. The third-order valence-corrected chi connectivity index (χ3v) is 3.45. The van der Waals surface area contributed by atoms with Crippen LogP contribution in [0.25, 0.3) is 0 Å². The van der Waals surface area contributed by atoms with Gasteiger partial charge >= 0.3 is 12.2 Å². The first-order valence-corrected chi connectivity index (χ1v) is 8.61. The third kappa shape index (κ3) is 5.74. The first-order chi connectivity index (χ1) is 12.5. The molecular formula is C19H24F3N3O2. The predicted molar refractivity (Wildman–Crippen MR) is 97.7 cm³/mol. The molecule has 0 aliphatic heterocycles. The van der Waals surface area contributed by atoms with E-state index in [2.05, 4.69) is 9.97 Å². The molecule has 0 spiro atoms. The molecule has 0 radical (unpaired) electrons. The highest BCUT2D eigenvalue weighted by atomic mass is 19.4. The SMILES string of the molecule is CCCOc1ncc(C(F)(F)F)c(N(C)c2ccc(OC(C)(C)C)cc2)n1. The van der Waals surface area contributed by atoms with Crippen molar-refractivity contribution < 1.29 is 22.6 Å². The number of alkyl halides is 3. The zero-order chi connectivity index (χ0) is 20.2. The summed E-state index contributed by atoms with van der Waals surface area (Å²) < 4.78 is 51.2. The van der Waals surface area contributed by atoms with Crippen molar-refractivity contribution in [3.63, 3.8) is 0 Å². The second-order valence-corrected chi connectivity index (χ2v) is 7.00. The highest BCUT2D eigenvalue weighted by Crippen LogP contribution is 2.38. The van der Waals surface area contributed by atoms with Gasteiger partial charge in [-0.3, -0.25) is 0 Å². The molecule has 8 heteroatoms. The second-order valence-electron chi connectivity index (χ2n) is 7.00. The van der Waals surface area contributed by atoms with Crippen LogP contribution in [0.3, 0.4) is 0 Å². The Morgan fingerprint density at radius 2 is 1.70 bits per heavy atom. The standard InChI is InChI=1S/C19H24F3N3O2/c1-6-11-26-17-23-12-15(19(20,21)22)16(24-17)25(5)13-7-9-14(10-8-13)27-18(2,3)4/h7-10,12H,6,11H2,1-5H3. The number of halogens is 3. The van der Waals surface area contributed by atoms with Gasteiger partial charge in [0.2, 0.25) is 0 Å². The van der Waals surface area contributed by atoms with E-state index in [1.54, 1.807) is 24.3 Å². The maximum atomic E-state index is 13.4. The van der Waals surface area contributed by atoms with Gasteiger partial charge in [-0.2, -0.15) is 18.2 Å². The fourth-order valence-electron chi connectivity index (χ4n) is 2.29. The maximum Gasteiger partial charge on any atom is 0.421 e. The molecule has 148 valence electrons. The molecule has 2 aromatic rings. The number of anilines is 2. The van der Waals surface area contributed by atoms with Crippen LogP contribution >= 0.6 is 0 Å². The smallest absolute Gasteiger partial charge is 0.421 e. The molecule has 1 heterocycles. The van der Waals surface area contributed by atoms with Crippen molar-refractivity contribution in [2.45, 2.75) is 45.9 Å². The molecule has 0 saturated carbocycles. The molecule has 0 bridgehead atoms. The van der Waals surface area contributed by atoms with E-state index < -0.39 is 11.7 Å². The van der Waals surface area contributed by atoms with Crippen molar-refractivity contribution in [3.8, 4) is 11.8 Å². The summed E-state index contributed by atoms with van der Waals surface area (Å²) >= 11 is 0. The van der Waals surface area contributed by atoms with E-state index in [1.165, 1.54) is 11.9 Å². The lowest BCUT2D eigenvalue weighted by Gasteiger charge is -2.24. The molecule has 0 aliphatic rings. The van der Waals surface area contributed by atoms with E-state index in [4.69, 9.17) is 9.47 Å². The van der Waals surface area contributed by atoms with Crippen LogP contribution < -0.4 is 14.4 Å². The summed E-state index contributed by atoms with van der Waals surface area (Å²) in [5.41, 5.74) is -0.763. The number of rotatable bonds is 6. The zero-order valence-corrected chi connectivity index (χ0v) is 16.1. The molecule has 1 aromatic carbocycles. The Morgan fingerprint density at radius 1 is 1.07 bits per heavy atom. The van der Waals surface area contributed by atoms with Crippen LogP contribution in [0.2, 0.25) is 0 Å². The van der Waals surface area contributed by atoms with Crippen molar-refractivity contribution in [1.82, 2.24) is 9.97 Å². The maximum absolute atomic E-state index is 13.4. The molecular weight excluding hydrogens is 359 g/mol. The average Bonchev–Trinajstić information content (AvgIpc) is 2.57. The molecule has 0 atom stereocenters. The number of hydrogen-bond donors (Lipinski definition) is 0. The molecule has 5 nitrogen and oxygen atoms in total. The van der Waals surface area contributed by atoms with Crippen LogP contribution in [0.1, 0.15) is 39.7 Å². The van der Waals surface area contributed by atoms with Crippen LogP contribution in [0.5, 0.6) is 11.8 Å². The summed E-state index contributed by atoms with van der Waals surface area (Å²) in [6.07, 6.45) is -3.13. The number of nitrogens with zero attached hydrogens (tertiary/aromatic N) is 3.